The second-order valence-corrected chi connectivity index (χ2v) is 8.92. The van der Waals surface area contributed by atoms with E-state index in [1.807, 2.05) is 0 Å². The molecule has 3 N–H and O–H groups in total. The Morgan fingerprint density at radius 3 is 2.59 bits per heavy atom. The van der Waals surface area contributed by atoms with E-state index in [1.54, 1.807) is 24.3 Å². The lowest BCUT2D eigenvalue weighted by Crippen LogP contribution is -2.50. The number of benzene rings is 2. The van der Waals surface area contributed by atoms with Gasteiger partial charge in [0.05, 0.1) is 10.7 Å². The summed E-state index contributed by atoms with van der Waals surface area (Å²) in [5, 5.41) is 12.2. The van der Waals surface area contributed by atoms with Crippen LogP contribution in [0.5, 0.6) is 0 Å². The predicted octanol–water partition coefficient (Wildman–Crippen LogP) is 3.97. The zero-order valence-corrected chi connectivity index (χ0v) is 20.0. The molecule has 2 atom stereocenters. The normalized spacial score (nSPS) is 23.1. The number of hydrogen-bond donors (Lipinski definition) is 2. The highest BCUT2D eigenvalue weighted by Crippen LogP contribution is 2.50. The summed E-state index contributed by atoms with van der Waals surface area (Å²) in [6, 6.07) is 9.74. The maximum absolute atomic E-state index is 13.8. The van der Waals surface area contributed by atoms with Gasteiger partial charge in [-0.25, -0.2) is 0 Å². The highest BCUT2D eigenvalue weighted by molar-refractivity contribution is 6.35. The van der Waals surface area contributed by atoms with Gasteiger partial charge in [0, 0.05) is 34.3 Å². The second-order valence-electron chi connectivity index (χ2n) is 8.10. The Morgan fingerprint density at radius 2 is 1.94 bits per heavy atom. The average molecular weight is 499 g/mol. The van der Waals surface area contributed by atoms with Gasteiger partial charge < -0.3 is 15.7 Å². The Bertz CT molecular complexity index is 1050. The van der Waals surface area contributed by atoms with E-state index >= 15 is 0 Å². The van der Waals surface area contributed by atoms with Gasteiger partial charge in [-0.3, -0.25) is 14.5 Å². The van der Waals surface area contributed by atoms with Crippen molar-refractivity contribution in [2.45, 2.75) is 37.8 Å². The second kappa shape index (κ2) is 9.57. The number of hydrogen-bond acceptors (Lipinski definition) is 4. The molecule has 0 bridgehead atoms. The van der Waals surface area contributed by atoms with Crippen LogP contribution in [0.25, 0.3) is 0 Å². The number of carbonyl (C=O) groups is 2. The monoisotopic (exact) mass is 497 g/mol. The summed E-state index contributed by atoms with van der Waals surface area (Å²) in [5.74, 6) is -1.18. The van der Waals surface area contributed by atoms with Gasteiger partial charge in [0.2, 0.25) is 5.91 Å². The molecule has 0 aromatic heterocycles. The predicted molar refractivity (Wildman–Crippen MR) is 129 cm³/mol. The summed E-state index contributed by atoms with van der Waals surface area (Å²) in [6.45, 7) is 4.31. The van der Waals surface area contributed by atoms with Crippen molar-refractivity contribution in [1.82, 2.24) is 4.90 Å². The molecule has 0 radical (unpaired) electrons. The van der Waals surface area contributed by atoms with Gasteiger partial charge in [-0.05, 0) is 44.1 Å². The Morgan fingerprint density at radius 1 is 1.22 bits per heavy atom. The zero-order valence-electron chi connectivity index (χ0n) is 17.7. The quantitative estimate of drug-likeness (QED) is 0.653. The summed E-state index contributed by atoms with van der Waals surface area (Å²) in [5.41, 5.74) is 4.52. The number of likely N-dealkylation sites (N-methyl/N-ethyl adjacent to an activating group) is 1. The highest BCUT2D eigenvalue weighted by atomic mass is 35.5. The minimum Gasteiger partial charge on any atom is -0.372 e. The van der Waals surface area contributed by atoms with Crippen LogP contribution in [0, 0.1) is 0 Å². The van der Waals surface area contributed by atoms with Gasteiger partial charge in [0.15, 0.2) is 5.60 Å². The molecular weight excluding hydrogens is 473 g/mol. The first-order valence-corrected chi connectivity index (χ1v) is 11.2. The summed E-state index contributed by atoms with van der Waals surface area (Å²) < 4.78 is 0. The number of piperidine rings is 1. The Kier molecular flexibility index (Phi) is 7.42. The molecular formula is C23H26Cl3N3O3. The first-order valence-electron chi connectivity index (χ1n) is 10.5. The van der Waals surface area contributed by atoms with Crippen molar-refractivity contribution in [3.63, 3.8) is 0 Å². The molecule has 2 aliphatic rings. The van der Waals surface area contributed by atoms with Crippen LogP contribution in [0.15, 0.2) is 36.4 Å². The van der Waals surface area contributed by atoms with Gasteiger partial charge in [-0.1, -0.05) is 54.7 Å². The van der Waals surface area contributed by atoms with E-state index in [9.17, 15) is 14.7 Å². The standard InChI is InChI=1S/C23H25Cl2N3O3.ClH/c1-2-27-10-6-5-7-15(27)13-28-19-12-14(21(26)29)11-18(25)20(19)23(31,22(28)30)16-8-3-4-9-17(16)24;/h3-4,8-9,11-12,15,31H,2,5-7,10,13H2,1H3,(H2,26,29);1H. The van der Waals surface area contributed by atoms with Crippen LogP contribution >= 0.6 is 35.6 Å². The summed E-state index contributed by atoms with van der Waals surface area (Å²) >= 11 is 12.9. The Balaban J connectivity index is 0.00000289. The maximum Gasteiger partial charge on any atom is 0.268 e. The van der Waals surface area contributed by atoms with Crippen LogP contribution in [0.1, 0.15) is 47.7 Å². The highest BCUT2D eigenvalue weighted by Gasteiger charge is 2.54. The molecule has 2 aromatic carbocycles. The van der Waals surface area contributed by atoms with E-state index in [-0.39, 0.29) is 45.2 Å². The fourth-order valence-corrected chi connectivity index (χ4v) is 5.42. The number of nitrogens with two attached hydrogens (primary N) is 1. The number of amides is 2. The van der Waals surface area contributed by atoms with E-state index in [4.69, 9.17) is 28.9 Å². The summed E-state index contributed by atoms with van der Waals surface area (Å²) in [6.07, 6.45) is 3.14. The lowest BCUT2D eigenvalue weighted by molar-refractivity contribution is -0.132. The van der Waals surface area contributed by atoms with Gasteiger partial charge in [0.1, 0.15) is 0 Å². The largest absolute Gasteiger partial charge is 0.372 e. The van der Waals surface area contributed by atoms with E-state index in [2.05, 4.69) is 11.8 Å². The summed E-state index contributed by atoms with van der Waals surface area (Å²) in [7, 11) is 0. The van der Waals surface area contributed by atoms with Crippen LogP contribution in [0.2, 0.25) is 10.0 Å². The van der Waals surface area contributed by atoms with Crippen LogP contribution in [-0.4, -0.2) is 47.5 Å². The Labute approximate surface area is 203 Å². The van der Waals surface area contributed by atoms with Gasteiger partial charge in [-0.2, -0.15) is 0 Å². The van der Waals surface area contributed by atoms with E-state index in [0.717, 1.165) is 32.4 Å². The van der Waals surface area contributed by atoms with E-state index in [0.29, 0.717) is 12.2 Å². The van der Waals surface area contributed by atoms with Crippen molar-refractivity contribution in [1.29, 1.82) is 0 Å². The molecule has 2 aliphatic heterocycles. The minimum atomic E-state index is -2.05. The molecule has 1 saturated heterocycles. The van der Waals surface area contributed by atoms with Crippen molar-refractivity contribution in [3.8, 4) is 0 Å². The van der Waals surface area contributed by atoms with Crippen LogP contribution in [0.4, 0.5) is 5.69 Å². The number of carbonyl (C=O) groups excluding carboxylic acids is 2. The number of fused-ring (bicyclic) bond motifs is 1. The third-order valence-electron chi connectivity index (χ3n) is 6.37. The molecule has 4 rings (SSSR count). The smallest absolute Gasteiger partial charge is 0.268 e. The van der Waals surface area contributed by atoms with Crippen LogP contribution in [-0.2, 0) is 10.4 Å². The van der Waals surface area contributed by atoms with E-state index in [1.165, 1.54) is 17.0 Å². The molecule has 2 amide bonds. The van der Waals surface area contributed by atoms with E-state index < -0.39 is 17.4 Å². The first-order chi connectivity index (χ1) is 14.8. The number of anilines is 1. The molecule has 6 nitrogen and oxygen atoms in total. The third-order valence-corrected chi connectivity index (χ3v) is 7.00. The molecule has 32 heavy (non-hydrogen) atoms. The molecule has 0 spiro atoms. The van der Waals surface area contributed by atoms with Crippen LogP contribution < -0.4 is 10.6 Å². The molecule has 0 saturated carbocycles. The van der Waals surface area contributed by atoms with Gasteiger partial charge in [-0.15, -0.1) is 12.4 Å². The number of nitrogens with zero attached hydrogens (tertiary/aromatic N) is 2. The lowest BCUT2D eigenvalue weighted by atomic mass is 9.87. The molecule has 0 aliphatic carbocycles. The van der Waals surface area contributed by atoms with Crippen molar-refractivity contribution in [2.75, 3.05) is 24.5 Å². The maximum atomic E-state index is 13.8. The fourth-order valence-electron chi connectivity index (χ4n) is 4.80. The molecule has 2 heterocycles. The summed E-state index contributed by atoms with van der Waals surface area (Å²) in [4.78, 5) is 29.5. The molecule has 2 aromatic rings. The number of likely N-dealkylation sites (tertiary alicyclic amines) is 1. The molecule has 1 fully saturated rings. The Hall–Kier alpha value is -1.83. The van der Waals surface area contributed by atoms with Crippen molar-refractivity contribution >= 4 is 53.1 Å². The number of aliphatic hydroxyl groups is 1. The van der Waals surface area contributed by atoms with Crippen LogP contribution in [0.3, 0.4) is 0 Å². The zero-order chi connectivity index (χ0) is 22.3. The number of primary amides is 1. The average Bonchev–Trinajstić information content (AvgIpc) is 2.97. The first kappa shape index (κ1) is 24.8. The number of rotatable bonds is 5. The van der Waals surface area contributed by atoms with Crippen molar-refractivity contribution in [2.24, 2.45) is 5.73 Å². The van der Waals surface area contributed by atoms with Gasteiger partial charge >= 0.3 is 0 Å². The number of halogens is 3. The lowest BCUT2D eigenvalue weighted by Gasteiger charge is -2.37. The topological polar surface area (TPSA) is 86.9 Å². The molecule has 172 valence electrons. The molecule has 9 heteroatoms. The minimum absolute atomic E-state index is 0. The van der Waals surface area contributed by atoms with Crippen molar-refractivity contribution in [3.05, 3.63) is 63.1 Å². The van der Waals surface area contributed by atoms with Crippen molar-refractivity contribution < 1.29 is 14.7 Å². The third kappa shape index (κ3) is 3.99. The molecule has 2 unspecified atom stereocenters. The SMILES string of the molecule is CCN1CCCCC1CN1C(=O)C(O)(c2ccccc2Cl)c2c(Cl)cc(C(N)=O)cc21.Cl. The fraction of sp³-hybridized carbons (Fsp3) is 0.391. The van der Waals surface area contributed by atoms with Gasteiger partial charge in [0.25, 0.3) is 5.91 Å².